The summed E-state index contributed by atoms with van der Waals surface area (Å²) in [7, 11) is -3.24. The van der Waals surface area contributed by atoms with Crippen molar-refractivity contribution in [1.82, 2.24) is 5.32 Å². The fourth-order valence-corrected chi connectivity index (χ4v) is 2.71. The Bertz CT molecular complexity index is 894. The maximum Gasteiger partial charge on any atom is 0.573 e. The van der Waals surface area contributed by atoms with E-state index in [9.17, 15) is 21.6 Å². The molecular formula is C17H18F3N3O3S. The number of guanidine groups is 1. The van der Waals surface area contributed by atoms with Crippen LogP contribution in [0, 0.1) is 0 Å². The molecule has 0 heterocycles. The first-order chi connectivity index (χ1) is 12.5. The number of aliphatic imine (C=N–C) groups is 1. The lowest BCUT2D eigenvalue weighted by atomic mass is 10.2. The highest BCUT2D eigenvalue weighted by atomic mass is 32.2. The number of halogens is 3. The molecule has 146 valence electrons. The first kappa shape index (κ1) is 20.6. The summed E-state index contributed by atoms with van der Waals surface area (Å²) in [5.41, 5.74) is 7.22. The molecule has 6 nitrogen and oxygen atoms in total. The molecule has 0 spiro atoms. The van der Waals surface area contributed by atoms with Crippen LogP contribution in [0.5, 0.6) is 5.75 Å². The monoisotopic (exact) mass is 401 g/mol. The molecule has 10 heteroatoms. The molecule has 0 saturated heterocycles. The summed E-state index contributed by atoms with van der Waals surface area (Å²) in [6, 6.07) is 11.7. The van der Waals surface area contributed by atoms with Gasteiger partial charge in [0.25, 0.3) is 0 Å². The zero-order chi connectivity index (χ0) is 20.1. The molecule has 0 fully saturated rings. The molecule has 2 aromatic carbocycles. The number of sulfone groups is 1. The maximum absolute atomic E-state index is 12.1. The van der Waals surface area contributed by atoms with E-state index in [1.54, 1.807) is 12.1 Å². The quantitative estimate of drug-likeness (QED) is 0.573. The molecule has 0 radical (unpaired) electrons. The number of alkyl halides is 3. The minimum Gasteiger partial charge on any atom is -0.406 e. The Balaban J connectivity index is 1.87. The van der Waals surface area contributed by atoms with Crippen LogP contribution in [0.3, 0.4) is 0 Å². The third kappa shape index (κ3) is 7.18. The van der Waals surface area contributed by atoms with E-state index in [4.69, 9.17) is 5.73 Å². The van der Waals surface area contributed by atoms with Crippen molar-refractivity contribution in [2.75, 3.05) is 6.26 Å². The fourth-order valence-electron chi connectivity index (χ4n) is 2.08. The molecule has 0 aliphatic rings. The predicted molar refractivity (Wildman–Crippen MR) is 94.8 cm³/mol. The molecule has 0 aliphatic carbocycles. The zero-order valence-corrected chi connectivity index (χ0v) is 15.1. The lowest BCUT2D eigenvalue weighted by Gasteiger charge is -2.09. The van der Waals surface area contributed by atoms with Crippen LogP contribution in [0.1, 0.15) is 11.1 Å². The van der Waals surface area contributed by atoms with Gasteiger partial charge in [0.05, 0.1) is 11.4 Å². The van der Waals surface area contributed by atoms with Crippen LogP contribution in [-0.4, -0.2) is 27.0 Å². The summed E-state index contributed by atoms with van der Waals surface area (Å²) >= 11 is 0. The van der Waals surface area contributed by atoms with E-state index < -0.39 is 16.2 Å². The van der Waals surface area contributed by atoms with Crippen LogP contribution in [0.25, 0.3) is 0 Å². The van der Waals surface area contributed by atoms with Crippen molar-refractivity contribution in [2.45, 2.75) is 24.3 Å². The normalized spacial score (nSPS) is 12.7. The average molecular weight is 401 g/mol. The van der Waals surface area contributed by atoms with E-state index in [2.05, 4.69) is 15.0 Å². The van der Waals surface area contributed by atoms with Crippen LogP contribution in [0.15, 0.2) is 58.4 Å². The zero-order valence-electron chi connectivity index (χ0n) is 14.3. The van der Waals surface area contributed by atoms with Crippen molar-refractivity contribution in [2.24, 2.45) is 10.7 Å². The second-order valence-electron chi connectivity index (χ2n) is 5.66. The Morgan fingerprint density at radius 3 is 2.15 bits per heavy atom. The molecular weight excluding hydrogens is 383 g/mol. The lowest BCUT2D eigenvalue weighted by Crippen LogP contribution is -2.31. The Labute approximate surface area is 154 Å². The predicted octanol–water partition coefficient (Wildman–Crippen LogP) is 2.59. The highest BCUT2D eigenvalue weighted by Gasteiger charge is 2.30. The summed E-state index contributed by atoms with van der Waals surface area (Å²) in [6.45, 7) is 0.524. The molecule has 0 atom stereocenters. The molecule has 0 unspecified atom stereocenters. The smallest absolute Gasteiger partial charge is 0.406 e. The average Bonchev–Trinajstić information content (AvgIpc) is 2.57. The highest BCUT2D eigenvalue weighted by Crippen LogP contribution is 2.22. The van der Waals surface area contributed by atoms with Gasteiger partial charge in [-0.1, -0.05) is 24.3 Å². The van der Waals surface area contributed by atoms with Gasteiger partial charge < -0.3 is 15.8 Å². The SMILES string of the molecule is CS(=O)(=O)c1ccc(CNC(N)=NCc2ccc(OC(F)(F)F)cc2)cc1. The van der Waals surface area contributed by atoms with Crippen molar-refractivity contribution >= 4 is 15.8 Å². The number of rotatable bonds is 6. The van der Waals surface area contributed by atoms with Gasteiger partial charge in [-0.05, 0) is 35.4 Å². The largest absolute Gasteiger partial charge is 0.573 e. The van der Waals surface area contributed by atoms with Crippen molar-refractivity contribution < 1.29 is 26.3 Å². The Morgan fingerprint density at radius 2 is 1.63 bits per heavy atom. The Hall–Kier alpha value is -2.75. The van der Waals surface area contributed by atoms with Crippen LogP contribution in [0.4, 0.5) is 13.2 Å². The molecule has 0 aromatic heterocycles. The summed E-state index contributed by atoms with van der Waals surface area (Å²) in [6.07, 6.45) is -3.60. The van der Waals surface area contributed by atoms with Crippen molar-refractivity contribution in [3.8, 4) is 5.75 Å². The molecule has 0 aliphatic heterocycles. The number of benzene rings is 2. The van der Waals surface area contributed by atoms with Gasteiger partial charge in [-0.2, -0.15) is 0 Å². The summed E-state index contributed by atoms with van der Waals surface area (Å²) in [4.78, 5) is 4.32. The molecule has 0 saturated carbocycles. The molecule has 3 N–H and O–H groups in total. The third-order valence-corrected chi connectivity index (χ3v) is 4.54. The van der Waals surface area contributed by atoms with Gasteiger partial charge in [0.1, 0.15) is 5.75 Å². The van der Waals surface area contributed by atoms with Crippen LogP contribution >= 0.6 is 0 Å². The first-order valence-corrected chi connectivity index (χ1v) is 9.59. The Morgan fingerprint density at radius 1 is 1.07 bits per heavy atom. The molecule has 0 bridgehead atoms. The number of hydrogen-bond acceptors (Lipinski definition) is 4. The van der Waals surface area contributed by atoms with Gasteiger partial charge in [-0.3, -0.25) is 0 Å². The van der Waals surface area contributed by atoms with Crippen molar-refractivity contribution in [1.29, 1.82) is 0 Å². The number of nitrogens with one attached hydrogen (secondary N) is 1. The van der Waals surface area contributed by atoms with Gasteiger partial charge in [0.2, 0.25) is 0 Å². The number of ether oxygens (including phenoxy) is 1. The van der Waals surface area contributed by atoms with E-state index in [1.807, 2.05) is 0 Å². The minimum atomic E-state index is -4.73. The lowest BCUT2D eigenvalue weighted by molar-refractivity contribution is -0.274. The molecule has 2 rings (SSSR count). The van der Waals surface area contributed by atoms with Crippen molar-refractivity contribution in [3.05, 3.63) is 59.7 Å². The minimum absolute atomic E-state index is 0.151. The molecule has 27 heavy (non-hydrogen) atoms. The van der Waals surface area contributed by atoms with Crippen LogP contribution in [0.2, 0.25) is 0 Å². The second-order valence-corrected chi connectivity index (χ2v) is 7.68. The van der Waals surface area contributed by atoms with E-state index in [0.29, 0.717) is 12.1 Å². The molecule has 2 aromatic rings. The van der Waals surface area contributed by atoms with Gasteiger partial charge >= 0.3 is 6.36 Å². The van der Waals surface area contributed by atoms with Crippen LogP contribution < -0.4 is 15.8 Å². The number of hydrogen-bond donors (Lipinski definition) is 2. The maximum atomic E-state index is 12.1. The summed E-state index contributed by atoms with van der Waals surface area (Å²) in [5.74, 6) is -0.156. The van der Waals surface area contributed by atoms with E-state index >= 15 is 0 Å². The van der Waals surface area contributed by atoms with Crippen LogP contribution in [-0.2, 0) is 22.9 Å². The summed E-state index contributed by atoms with van der Waals surface area (Å²) in [5, 5.41) is 2.87. The topological polar surface area (TPSA) is 93.8 Å². The summed E-state index contributed by atoms with van der Waals surface area (Å²) < 4.78 is 62.9. The van der Waals surface area contributed by atoms with Gasteiger partial charge in [-0.25, -0.2) is 13.4 Å². The third-order valence-electron chi connectivity index (χ3n) is 3.41. The van der Waals surface area contributed by atoms with Gasteiger partial charge in [0.15, 0.2) is 15.8 Å². The Kier molecular flexibility index (Phi) is 6.32. The molecule has 0 amide bonds. The highest BCUT2D eigenvalue weighted by molar-refractivity contribution is 7.90. The van der Waals surface area contributed by atoms with Gasteiger partial charge in [0, 0.05) is 12.8 Å². The second kappa shape index (κ2) is 8.30. The van der Waals surface area contributed by atoms with Crippen molar-refractivity contribution in [3.63, 3.8) is 0 Å². The first-order valence-electron chi connectivity index (χ1n) is 7.70. The standard InChI is InChI=1S/C17H18F3N3O3S/c1-27(24,25)15-8-4-13(5-9-15)11-23-16(21)22-10-12-2-6-14(7-3-12)26-17(18,19)20/h2-9H,10-11H2,1H3,(H3,21,22,23). The van der Waals surface area contributed by atoms with Gasteiger partial charge in [-0.15, -0.1) is 13.2 Å². The fraction of sp³-hybridized carbons (Fsp3) is 0.235. The number of nitrogens with zero attached hydrogens (tertiary/aromatic N) is 1. The number of nitrogens with two attached hydrogens (primary N) is 1. The van der Waals surface area contributed by atoms with E-state index in [-0.39, 0.29) is 23.1 Å². The van der Waals surface area contributed by atoms with E-state index in [0.717, 1.165) is 11.8 Å². The van der Waals surface area contributed by atoms with E-state index in [1.165, 1.54) is 36.4 Å².